The Bertz CT molecular complexity index is 1490. The van der Waals surface area contributed by atoms with Crippen LogP contribution in [0.4, 0.5) is 5.82 Å². The molecule has 1 aliphatic heterocycles. The summed E-state index contributed by atoms with van der Waals surface area (Å²) < 4.78 is 5.28. The van der Waals surface area contributed by atoms with Gasteiger partial charge in [0.25, 0.3) is 5.91 Å². The van der Waals surface area contributed by atoms with E-state index in [2.05, 4.69) is 15.6 Å². The van der Waals surface area contributed by atoms with Crippen LogP contribution in [-0.4, -0.2) is 23.8 Å². The van der Waals surface area contributed by atoms with Gasteiger partial charge in [0.1, 0.15) is 11.6 Å². The van der Waals surface area contributed by atoms with Crippen molar-refractivity contribution in [3.8, 4) is 5.75 Å². The van der Waals surface area contributed by atoms with Gasteiger partial charge in [-0.25, -0.2) is 4.98 Å². The van der Waals surface area contributed by atoms with E-state index < -0.39 is 5.92 Å². The lowest BCUT2D eigenvalue weighted by molar-refractivity contribution is -0.116. The number of hydrogen-bond donors (Lipinski definition) is 2. The van der Waals surface area contributed by atoms with Gasteiger partial charge >= 0.3 is 0 Å². The summed E-state index contributed by atoms with van der Waals surface area (Å²) in [5.41, 5.74) is 5.14. The first-order chi connectivity index (χ1) is 18.2. The second-order valence-electron chi connectivity index (χ2n) is 9.63. The van der Waals surface area contributed by atoms with E-state index in [1.165, 1.54) is 0 Å². The largest absolute Gasteiger partial charge is 0.497 e. The molecule has 2 atom stereocenters. The van der Waals surface area contributed by atoms with Gasteiger partial charge in [0, 0.05) is 51.1 Å². The molecule has 194 valence electrons. The van der Waals surface area contributed by atoms with Crippen LogP contribution in [0.15, 0.2) is 83.3 Å². The number of aromatic nitrogens is 1. The highest BCUT2D eigenvalue weighted by Gasteiger charge is 2.41. The van der Waals surface area contributed by atoms with E-state index >= 15 is 0 Å². The number of benzene rings is 2. The lowest BCUT2D eigenvalue weighted by Gasteiger charge is -2.37. The molecule has 2 aliphatic rings. The monoisotopic (exact) mass is 547 g/mol. The van der Waals surface area contributed by atoms with Crippen molar-refractivity contribution in [1.29, 1.82) is 0 Å². The zero-order chi connectivity index (χ0) is 27.0. The Morgan fingerprint density at radius 1 is 1.05 bits per heavy atom. The van der Waals surface area contributed by atoms with Crippen LogP contribution in [0.3, 0.4) is 0 Å². The number of rotatable bonds is 5. The number of ether oxygens (including phenoxy) is 1. The Labute approximate surface area is 231 Å². The first-order valence-electron chi connectivity index (χ1n) is 12.3. The number of aryl methyl sites for hydroxylation is 1. The number of carbonyl (C=O) groups excluding carboxylic acids is 2. The fourth-order valence-corrected chi connectivity index (χ4v) is 5.80. The number of anilines is 1. The van der Waals surface area contributed by atoms with E-state index in [0.29, 0.717) is 51.1 Å². The van der Waals surface area contributed by atoms with Gasteiger partial charge in [0.15, 0.2) is 5.78 Å². The molecule has 8 heteroatoms. The number of carbonyl (C=O) groups is 2. The first kappa shape index (κ1) is 26.0. The summed E-state index contributed by atoms with van der Waals surface area (Å²) in [6.45, 7) is 3.78. The minimum absolute atomic E-state index is 0.000617. The predicted octanol–water partition coefficient (Wildman–Crippen LogP) is 6.71. The molecule has 0 saturated carbocycles. The number of pyridine rings is 1. The van der Waals surface area contributed by atoms with Gasteiger partial charge < -0.3 is 15.4 Å². The van der Waals surface area contributed by atoms with Crippen LogP contribution in [0, 0.1) is 6.92 Å². The molecular formula is C30H27Cl2N3O3. The third kappa shape index (κ3) is 5.06. The summed E-state index contributed by atoms with van der Waals surface area (Å²) in [4.78, 5) is 31.8. The number of ketones is 1. The number of Topliss-reactive ketones (excluding diaryl/α,β-unsaturated/α-hetero) is 1. The lowest BCUT2D eigenvalue weighted by Crippen LogP contribution is -2.37. The van der Waals surface area contributed by atoms with Crippen molar-refractivity contribution < 1.29 is 14.3 Å². The fraction of sp³-hybridized carbons (Fsp3) is 0.233. The molecule has 3 aromatic rings. The SMILES string of the molecule is COc1ccc(C2CC(=O)C3=C(C2)NC(C)=C(C(=O)Nc2cc(C)ccn2)C3c2ccc(Cl)cc2Cl)cc1. The normalized spacial score (nSPS) is 19.1. The second kappa shape index (κ2) is 10.6. The third-order valence-corrected chi connectivity index (χ3v) is 7.65. The van der Waals surface area contributed by atoms with Crippen LogP contribution in [-0.2, 0) is 9.59 Å². The first-order valence-corrected chi connectivity index (χ1v) is 13.1. The van der Waals surface area contributed by atoms with Gasteiger partial charge in [-0.2, -0.15) is 0 Å². The molecule has 0 radical (unpaired) electrons. The number of amides is 1. The number of nitrogens with zero attached hydrogens (tertiary/aromatic N) is 1. The number of dihydropyridines is 1. The van der Waals surface area contributed by atoms with Crippen LogP contribution in [0.5, 0.6) is 5.75 Å². The predicted molar refractivity (Wildman–Crippen MR) is 150 cm³/mol. The third-order valence-electron chi connectivity index (χ3n) is 7.09. The molecule has 0 fully saturated rings. The van der Waals surface area contributed by atoms with E-state index in [1.54, 1.807) is 37.6 Å². The molecule has 38 heavy (non-hydrogen) atoms. The van der Waals surface area contributed by atoms with E-state index in [4.69, 9.17) is 27.9 Å². The van der Waals surface area contributed by atoms with Gasteiger partial charge in [-0.1, -0.05) is 41.4 Å². The topological polar surface area (TPSA) is 80.3 Å². The van der Waals surface area contributed by atoms with Crippen LogP contribution in [0.1, 0.15) is 48.3 Å². The Morgan fingerprint density at radius 2 is 1.82 bits per heavy atom. The summed E-state index contributed by atoms with van der Waals surface area (Å²) >= 11 is 12.9. The number of methoxy groups -OCH3 is 1. The Balaban J connectivity index is 1.57. The minimum atomic E-state index is -0.648. The maximum Gasteiger partial charge on any atom is 0.255 e. The van der Waals surface area contributed by atoms with Crippen LogP contribution >= 0.6 is 23.2 Å². The smallest absolute Gasteiger partial charge is 0.255 e. The standard InChI is InChI=1S/C30H27Cl2N3O3/c1-16-10-11-33-26(12-16)35-30(37)27-17(2)34-24-13-19(18-4-7-21(38-3)8-5-18)14-25(36)29(24)28(27)22-9-6-20(31)15-23(22)32/h4-12,15,19,28,34H,13-14H2,1-3H3,(H,33,35,37). The Kier molecular flexibility index (Phi) is 7.28. The highest BCUT2D eigenvalue weighted by molar-refractivity contribution is 6.35. The van der Waals surface area contributed by atoms with Gasteiger partial charge in [-0.15, -0.1) is 0 Å². The maximum atomic E-state index is 13.8. The molecule has 0 bridgehead atoms. The van der Waals surface area contributed by atoms with Gasteiger partial charge in [-0.3, -0.25) is 9.59 Å². The van der Waals surface area contributed by atoms with Crippen molar-refractivity contribution in [1.82, 2.24) is 10.3 Å². The molecular weight excluding hydrogens is 521 g/mol. The van der Waals surface area contributed by atoms with Gasteiger partial charge in [-0.05, 0) is 79.3 Å². The molecule has 5 rings (SSSR count). The van der Waals surface area contributed by atoms with Crippen molar-refractivity contribution in [3.05, 3.63) is 110 Å². The van der Waals surface area contributed by atoms with Crippen molar-refractivity contribution in [2.75, 3.05) is 12.4 Å². The number of nitrogens with one attached hydrogen (secondary N) is 2. The van der Waals surface area contributed by atoms with Gasteiger partial charge in [0.2, 0.25) is 0 Å². The summed E-state index contributed by atoms with van der Waals surface area (Å²) in [5.74, 6) is 0.181. The number of halogens is 2. The average Bonchev–Trinajstić information content (AvgIpc) is 2.88. The molecule has 1 aliphatic carbocycles. The average molecular weight is 548 g/mol. The molecule has 1 amide bonds. The maximum absolute atomic E-state index is 13.8. The highest BCUT2D eigenvalue weighted by Crippen LogP contribution is 2.47. The summed E-state index contributed by atoms with van der Waals surface area (Å²) in [7, 11) is 1.63. The Hall–Kier alpha value is -3.61. The summed E-state index contributed by atoms with van der Waals surface area (Å²) in [5, 5.41) is 7.17. The molecule has 2 aromatic carbocycles. The van der Waals surface area contributed by atoms with E-state index in [1.807, 2.05) is 44.2 Å². The zero-order valence-electron chi connectivity index (χ0n) is 21.3. The fourth-order valence-electron chi connectivity index (χ4n) is 5.29. The van der Waals surface area contributed by atoms with E-state index in [9.17, 15) is 9.59 Å². The molecule has 2 heterocycles. The zero-order valence-corrected chi connectivity index (χ0v) is 22.8. The molecule has 0 saturated heterocycles. The lowest BCUT2D eigenvalue weighted by atomic mass is 9.71. The molecule has 2 N–H and O–H groups in total. The van der Waals surface area contributed by atoms with Crippen LogP contribution in [0.2, 0.25) is 10.0 Å². The summed E-state index contributed by atoms with van der Waals surface area (Å²) in [6, 6.07) is 16.6. The molecule has 6 nitrogen and oxygen atoms in total. The van der Waals surface area contributed by atoms with Crippen molar-refractivity contribution >= 4 is 40.7 Å². The molecule has 2 unspecified atom stereocenters. The van der Waals surface area contributed by atoms with Crippen molar-refractivity contribution in [2.24, 2.45) is 0 Å². The summed E-state index contributed by atoms with van der Waals surface area (Å²) in [6.07, 6.45) is 2.59. The van der Waals surface area contributed by atoms with Crippen LogP contribution < -0.4 is 15.4 Å². The van der Waals surface area contributed by atoms with Crippen molar-refractivity contribution in [3.63, 3.8) is 0 Å². The highest BCUT2D eigenvalue weighted by atomic mass is 35.5. The molecule has 1 aromatic heterocycles. The number of allylic oxidation sites excluding steroid dienone is 3. The van der Waals surface area contributed by atoms with Crippen LogP contribution in [0.25, 0.3) is 0 Å². The minimum Gasteiger partial charge on any atom is -0.497 e. The number of hydrogen-bond acceptors (Lipinski definition) is 5. The molecule has 0 spiro atoms. The van der Waals surface area contributed by atoms with Crippen molar-refractivity contribution in [2.45, 2.75) is 38.5 Å². The second-order valence-corrected chi connectivity index (χ2v) is 10.5. The Morgan fingerprint density at radius 3 is 2.50 bits per heavy atom. The van der Waals surface area contributed by atoms with E-state index in [0.717, 1.165) is 22.6 Å². The van der Waals surface area contributed by atoms with Gasteiger partial charge in [0.05, 0.1) is 7.11 Å². The van der Waals surface area contributed by atoms with E-state index in [-0.39, 0.29) is 17.6 Å². The quantitative estimate of drug-likeness (QED) is 0.371.